The molecule has 0 amide bonds. The van der Waals surface area contributed by atoms with E-state index in [4.69, 9.17) is 9.73 Å². The number of thioether (sulfide) groups is 1. The molecule has 0 N–H and O–H groups in total. The van der Waals surface area contributed by atoms with E-state index in [1.165, 1.54) is 16.7 Å². The first-order chi connectivity index (χ1) is 14.0. The van der Waals surface area contributed by atoms with Gasteiger partial charge in [-0.05, 0) is 61.2 Å². The van der Waals surface area contributed by atoms with Gasteiger partial charge >= 0.3 is 0 Å². The molecule has 2 aromatic carbocycles. The highest BCUT2D eigenvalue weighted by Crippen LogP contribution is 2.39. The van der Waals surface area contributed by atoms with Crippen molar-refractivity contribution in [3.63, 3.8) is 0 Å². The summed E-state index contributed by atoms with van der Waals surface area (Å²) in [5.41, 5.74) is 5.77. The summed E-state index contributed by atoms with van der Waals surface area (Å²) in [5, 5.41) is 0.917. The van der Waals surface area contributed by atoms with Crippen LogP contribution in [0.3, 0.4) is 0 Å². The van der Waals surface area contributed by atoms with Crippen molar-refractivity contribution in [3.05, 3.63) is 65.2 Å². The predicted molar refractivity (Wildman–Crippen MR) is 127 cm³/mol. The first-order valence-electron chi connectivity index (χ1n) is 10.2. The fraction of sp³-hybridized carbons (Fsp3) is 0.360. The maximum Gasteiger partial charge on any atom is 0.142 e. The Labute approximate surface area is 179 Å². The number of carbonyl (C=O) groups excluding carboxylic acids is 1. The van der Waals surface area contributed by atoms with Crippen LogP contribution in [0.2, 0.25) is 0 Å². The third kappa shape index (κ3) is 5.83. The molecule has 0 aliphatic carbocycles. The number of methoxy groups -OCH3 is 1. The predicted octanol–water partition coefficient (Wildman–Crippen LogP) is 6.67. The Kier molecular flexibility index (Phi) is 8.71. The van der Waals surface area contributed by atoms with E-state index in [9.17, 15) is 4.79 Å². The van der Waals surface area contributed by atoms with Crippen LogP contribution in [0.4, 0.5) is 0 Å². The van der Waals surface area contributed by atoms with Gasteiger partial charge in [0.2, 0.25) is 0 Å². The minimum atomic E-state index is -0.0808. The lowest BCUT2D eigenvalue weighted by atomic mass is 9.98. The Morgan fingerprint density at radius 3 is 2.17 bits per heavy atom. The van der Waals surface area contributed by atoms with Crippen molar-refractivity contribution >= 4 is 33.9 Å². The van der Waals surface area contributed by atoms with Gasteiger partial charge in [-0.25, -0.2) is 4.99 Å². The van der Waals surface area contributed by atoms with Crippen LogP contribution in [0.5, 0.6) is 5.75 Å². The Morgan fingerprint density at radius 1 is 1.07 bits per heavy atom. The summed E-state index contributed by atoms with van der Waals surface area (Å²) < 4.78 is 5.28. The van der Waals surface area contributed by atoms with Gasteiger partial charge in [0.15, 0.2) is 0 Å². The van der Waals surface area contributed by atoms with Gasteiger partial charge in [-0.3, -0.25) is 4.79 Å². The Hall–Kier alpha value is -2.33. The van der Waals surface area contributed by atoms with Gasteiger partial charge in [-0.15, -0.1) is 0 Å². The molecule has 4 heteroatoms. The molecular weight excluding hydrogens is 378 g/mol. The van der Waals surface area contributed by atoms with Gasteiger partial charge in [0, 0.05) is 12.0 Å². The molecule has 3 rings (SSSR count). The molecule has 0 aromatic heterocycles. The fourth-order valence-electron chi connectivity index (χ4n) is 2.99. The summed E-state index contributed by atoms with van der Waals surface area (Å²) in [6, 6.07) is 16.7. The number of hydrogen-bond acceptors (Lipinski definition) is 4. The lowest BCUT2D eigenvalue weighted by Gasteiger charge is -2.09. The molecule has 154 valence electrons. The molecule has 2 aromatic rings. The molecule has 1 aliphatic heterocycles. The SMILES string of the molecule is CC.CCc1ccc(C2=C(c3ccc(OC)cc3)N=C(SC(C)C(C)=O)C2)cc1. The highest BCUT2D eigenvalue weighted by molar-refractivity contribution is 8.15. The quantitative estimate of drug-likeness (QED) is 0.535. The standard InChI is InChI=1S/C23H25NO2S.C2H6/c1-5-17-6-8-18(9-7-17)21-14-22(27-16(3)15(2)25)24-23(21)19-10-12-20(26-4)13-11-19;1-2/h6-13,16H,5,14H2,1-4H3;1-2H3. The number of aryl methyl sites for hydroxylation is 1. The van der Waals surface area contributed by atoms with Gasteiger partial charge in [0.25, 0.3) is 0 Å². The number of hydrogen-bond donors (Lipinski definition) is 0. The highest BCUT2D eigenvalue weighted by atomic mass is 32.2. The average Bonchev–Trinajstić information content (AvgIpc) is 3.19. The Morgan fingerprint density at radius 2 is 1.66 bits per heavy atom. The van der Waals surface area contributed by atoms with Gasteiger partial charge in [-0.2, -0.15) is 0 Å². The van der Waals surface area contributed by atoms with E-state index in [0.717, 1.165) is 34.9 Å². The highest BCUT2D eigenvalue weighted by Gasteiger charge is 2.23. The van der Waals surface area contributed by atoms with Gasteiger partial charge in [-0.1, -0.05) is 56.8 Å². The fourth-order valence-corrected chi connectivity index (χ4v) is 3.94. The van der Waals surface area contributed by atoms with Crippen LogP contribution in [-0.2, 0) is 11.2 Å². The summed E-state index contributed by atoms with van der Waals surface area (Å²) in [6.07, 6.45) is 1.79. The third-order valence-corrected chi connectivity index (χ3v) is 6.00. The lowest BCUT2D eigenvalue weighted by molar-refractivity contribution is -0.116. The minimum absolute atomic E-state index is 0.0808. The van der Waals surface area contributed by atoms with E-state index in [-0.39, 0.29) is 11.0 Å². The normalized spacial score (nSPS) is 14.1. The number of Topliss-reactive ketones (excluding diaryl/α,β-unsaturated/α-hetero) is 1. The van der Waals surface area contributed by atoms with Crippen LogP contribution in [0.1, 0.15) is 57.7 Å². The molecular formula is C25H31NO2S. The molecule has 3 nitrogen and oxygen atoms in total. The zero-order valence-electron chi connectivity index (χ0n) is 18.3. The van der Waals surface area contributed by atoms with Crippen molar-refractivity contribution in [2.45, 2.75) is 52.7 Å². The Balaban J connectivity index is 0.00000145. The molecule has 0 spiro atoms. The second kappa shape index (κ2) is 11.0. The van der Waals surface area contributed by atoms with Gasteiger partial charge in [0.1, 0.15) is 11.5 Å². The number of nitrogens with zero attached hydrogens (tertiary/aromatic N) is 1. The molecule has 0 fully saturated rings. The largest absolute Gasteiger partial charge is 0.497 e. The molecule has 1 aliphatic rings. The van der Waals surface area contributed by atoms with Crippen LogP contribution in [0.25, 0.3) is 11.3 Å². The molecule has 0 bridgehead atoms. The number of aliphatic imine (C=N–C) groups is 1. The van der Waals surface area contributed by atoms with E-state index in [1.807, 2.05) is 45.0 Å². The summed E-state index contributed by atoms with van der Waals surface area (Å²) in [7, 11) is 1.67. The second-order valence-electron chi connectivity index (χ2n) is 6.66. The summed E-state index contributed by atoms with van der Waals surface area (Å²) in [6.45, 7) is 9.74. The number of ketones is 1. The van der Waals surface area contributed by atoms with Gasteiger partial charge < -0.3 is 4.74 Å². The van der Waals surface area contributed by atoms with Crippen molar-refractivity contribution in [2.75, 3.05) is 7.11 Å². The second-order valence-corrected chi connectivity index (χ2v) is 8.07. The summed E-state index contributed by atoms with van der Waals surface area (Å²) >= 11 is 1.56. The smallest absolute Gasteiger partial charge is 0.142 e. The number of carbonyl (C=O) groups is 1. The first kappa shape index (κ1) is 23.0. The van der Waals surface area contributed by atoms with E-state index >= 15 is 0 Å². The van der Waals surface area contributed by atoms with Crippen LogP contribution >= 0.6 is 11.8 Å². The monoisotopic (exact) mass is 409 g/mol. The van der Waals surface area contributed by atoms with Crippen LogP contribution in [0.15, 0.2) is 53.5 Å². The van der Waals surface area contributed by atoms with Crippen LogP contribution in [0, 0.1) is 0 Å². The molecule has 1 unspecified atom stereocenters. The van der Waals surface area contributed by atoms with E-state index in [1.54, 1.807) is 25.8 Å². The summed E-state index contributed by atoms with van der Waals surface area (Å²) in [4.78, 5) is 16.6. The Bertz CT molecular complexity index is 880. The number of rotatable bonds is 6. The number of allylic oxidation sites excluding steroid dienone is 1. The van der Waals surface area contributed by atoms with Crippen LogP contribution < -0.4 is 4.74 Å². The van der Waals surface area contributed by atoms with E-state index in [2.05, 4.69) is 31.2 Å². The van der Waals surface area contributed by atoms with Crippen molar-refractivity contribution in [2.24, 2.45) is 4.99 Å². The zero-order chi connectivity index (χ0) is 21.4. The van der Waals surface area contributed by atoms with Crippen molar-refractivity contribution in [1.82, 2.24) is 0 Å². The maximum absolute atomic E-state index is 11.7. The lowest BCUT2D eigenvalue weighted by Crippen LogP contribution is -2.10. The van der Waals surface area contributed by atoms with E-state index in [0.29, 0.717) is 0 Å². The van der Waals surface area contributed by atoms with E-state index < -0.39 is 0 Å². The first-order valence-corrected chi connectivity index (χ1v) is 11.1. The molecule has 1 atom stereocenters. The molecule has 1 heterocycles. The molecule has 0 radical (unpaired) electrons. The van der Waals surface area contributed by atoms with Crippen molar-refractivity contribution in [1.29, 1.82) is 0 Å². The van der Waals surface area contributed by atoms with Crippen molar-refractivity contribution < 1.29 is 9.53 Å². The maximum atomic E-state index is 11.7. The number of benzene rings is 2. The van der Waals surface area contributed by atoms with Crippen LogP contribution in [-0.4, -0.2) is 23.2 Å². The third-order valence-electron chi connectivity index (χ3n) is 4.81. The molecule has 0 saturated heterocycles. The van der Waals surface area contributed by atoms with Crippen molar-refractivity contribution in [3.8, 4) is 5.75 Å². The van der Waals surface area contributed by atoms with Gasteiger partial charge in [0.05, 0.1) is 23.1 Å². The molecule has 29 heavy (non-hydrogen) atoms. The topological polar surface area (TPSA) is 38.7 Å². The minimum Gasteiger partial charge on any atom is -0.497 e. The average molecular weight is 410 g/mol. The number of ether oxygens (including phenoxy) is 1. The summed E-state index contributed by atoms with van der Waals surface area (Å²) in [5.74, 6) is 1.00. The zero-order valence-corrected chi connectivity index (χ0v) is 19.1. The molecule has 0 saturated carbocycles.